The predicted molar refractivity (Wildman–Crippen MR) is 88.1 cm³/mol. The van der Waals surface area contributed by atoms with Gasteiger partial charge in [-0.25, -0.2) is 0 Å². The maximum Gasteiger partial charge on any atom is 0.237 e. The first-order valence-electron chi connectivity index (χ1n) is 7.49. The summed E-state index contributed by atoms with van der Waals surface area (Å²) < 4.78 is 0. The summed E-state index contributed by atoms with van der Waals surface area (Å²) in [6.45, 7) is 9.34. The van der Waals surface area contributed by atoms with Crippen molar-refractivity contribution in [3.63, 3.8) is 0 Å². The lowest BCUT2D eigenvalue weighted by molar-refractivity contribution is -0.132. The van der Waals surface area contributed by atoms with Crippen LogP contribution in [-0.4, -0.2) is 47.9 Å². The van der Waals surface area contributed by atoms with Crippen LogP contribution < -0.4 is 5.73 Å². The molecule has 1 amide bonds. The molecule has 0 aromatic carbocycles. The summed E-state index contributed by atoms with van der Waals surface area (Å²) in [5, 5.41) is 2.04. The summed E-state index contributed by atoms with van der Waals surface area (Å²) in [5.74, 6) is 0.700. The Labute approximate surface area is 131 Å². The molecular weight excluding hydrogens is 282 g/mol. The molecule has 21 heavy (non-hydrogen) atoms. The van der Waals surface area contributed by atoms with Crippen LogP contribution in [0, 0.1) is 5.92 Å². The van der Waals surface area contributed by atoms with Gasteiger partial charge in [0.2, 0.25) is 5.91 Å². The Morgan fingerprint density at radius 1 is 1.67 bits per heavy atom. The zero-order valence-corrected chi connectivity index (χ0v) is 13.5. The van der Waals surface area contributed by atoms with Crippen LogP contribution in [0.5, 0.6) is 0 Å². The molecule has 5 heteroatoms. The number of hydrogen-bond acceptors (Lipinski definition) is 4. The molecule has 2 heterocycles. The highest BCUT2D eigenvalue weighted by molar-refractivity contribution is 7.09. The molecule has 4 nitrogen and oxygen atoms in total. The highest BCUT2D eigenvalue weighted by Gasteiger charge is 2.30. The van der Waals surface area contributed by atoms with Crippen LogP contribution in [0.15, 0.2) is 30.2 Å². The van der Waals surface area contributed by atoms with Gasteiger partial charge in [0.1, 0.15) is 0 Å². The quantitative estimate of drug-likeness (QED) is 0.783. The van der Waals surface area contributed by atoms with Gasteiger partial charge in [0, 0.05) is 24.0 Å². The Balaban J connectivity index is 1.93. The third-order valence-electron chi connectivity index (χ3n) is 4.09. The molecule has 1 fully saturated rings. The Kier molecular flexibility index (Phi) is 5.96. The van der Waals surface area contributed by atoms with Gasteiger partial charge in [-0.15, -0.1) is 17.9 Å². The van der Waals surface area contributed by atoms with E-state index in [9.17, 15) is 4.79 Å². The average Bonchev–Trinajstić information content (AvgIpc) is 3.09. The lowest BCUT2D eigenvalue weighted by atomic mass is 10.1. The minimum absolute atomic E-state index is 0.174. The number of amides is 1. The molecule has 1 aromatic heterocycles. The van der Waals surface area contributed by atoms with Crippen LogP contribution in [0.25, 0.3) is 0 Å². The van der Waals surface area contributed by atoms with E-state index in [0.717, 1.165) is 13.0 Å². The van der Waals surface area contributed by atoms with E-state index in [0.29, 0.717) is 38.1 Å². The third kappa shape index (κ3) is 4.40. The molecule has 0 spiro atoms. The van der Waals surface area contributed by atoms with Crippen LogP contribution in [0.1, 0.15) is 18.2 Å². The summed E-state index contributed by atoms with van der Waals surface area (Å²) in [6.07, 6.45) is 2.89. The lowest BCUT2D eigenvalue weighted by Crippen LogP contribution is -2.41. The van der Waals surface area contributed by atoms with E-state index >= 15 is 0 Å². The maximum absolute atomic E-state index is 12.6. The Bertz CT molecular complexity index is 460. The van der Waals surface area contributed by atoms with Gasteiger partial charge in [0.15, 0.2) is 0 Å². The molecular formula is C16H25N3OS. The smallest absolute Gasteiger partial charge is 0.237 e. The first-order valence-corrected chi connectivity index (χ1v) is 8.37. The van der Waals surface area contributed by atoms with Gasteiger partial charge in [-0.3, -0.25) is 9.69 Å². The molecule has 2 rings (SSSR count). The summed E-state index contributed by atoms with van der Waals surface area (Å²) in [7, 11) is 0. The van der Waals surface area contributed by atoms with Gasteiger partial charge in [-0.05, 0) is 37.3 Å². The van der Waals surface area contributed by atoms with Gasteiger partial charge < -0.3 is 10.6 Å². The lowest BCUT2D eigenvalue weighted by Gasteiger charge is -2.26. The molecule has 2 unspecified atom stereocenters. The van der Waals surface area contributed by atoms with Crippen molar-refractivity contribution in [3.05, 3.63) is 35.0 Å². The maximum atomic E-state index is 12.6. The van der Waals surface area contributed by atoms with Crippen LogP contribution >= 0.6 is 11.3 Å². The molecule has 1 aliphatic heterocycles. The van der Waals surface area contributed by atoms with Crippen LogP contribution in [0.4, 0.5) is 0 Å². The van der Waals surface area contributed by atoms with Crippen molar-refractivity contribution in [1.82, 2.24) is 9.80 Å². The Morgan fingerprint density at radius 2 is 2.48 bits per heavy atom. The van der Waals surface area contributed by atoms with Crippen molar-refractivity contribution in [2.45, 2.75) is 25.9 Å². The van der Waals surface area contributed by atoms with E-state index in [1.165, 1.54) is 4.88 Å². The van der Waals surface area contributed by atoms with E-state index in [2.05, 4.69) is 24.5 Å². The molecule has 2 atom stereocenters. The van der Waals surface area contributed by atoms with Crippen molar-refractivity contribution < 1.29 is 4.79 Å². The first kappa shape index (κ1) is 16.2. The standard InChI is InChI=1S/C16H25N3OS/c1-3-6-18(11-15-5-4-7-21-15)16(20)12-19-10-14(9-17)8-13(19)2/h3-5,7,13-14H,1,6,8-12,17H2,2H3. The zero-order chi connectivity index (χ0) is 15.2. The van der Waals surface area contributed by atoms with Gasteiger partial charge in [0.05, 0.1) is 13.1 Å². The SMILES string of the molecule is C=CCN(Cc1cccs1)C(=O)CN1CC(CN)CC1C. The van der Waals surface area contributed by atoms with Crippen LogP contribution in [-0.2, 0) is 11.3 Å². The number of thiophene rings is 1. The average molecular weight is 307 g/mol. The first-order chi connectivity index (χ1) is 10.1. The number of rotatable bonds is 7. The van der Waals surface area contributed by atoms with Crippen molar-refractivity contribution in [2.75, 3.05) is 26.2 Å². The third-order valence-corrected chi connectivity index (χ3v) is 4.95. The molecule has 0 radical (unpaired) electrons. The summed E-state index contributed by atoms with van der Waals surface area (Å²) >= 11 is 1.68. The second kappa shape index (κ2) is 7.73. The molecule has 0 aliphatic carbocycles. The van der Waals surface area contributed by atoms with Gasteiger partial charge in [-0.1, -0.05) is 12.1 Å². The predicted octanol–water partition coefficient (Wildman–Crippen LogP) is 1.93. The molecule has 1 saturated heterocycles. The molecule has 1 aliphatic rings. The van der Waals surface area contributed by atoms with Gasteiger partial charge >= 0.3 is 0 Å². The largest absolute Gasteiger partial charge is 0.333 e. The minimum Gasteiger partial charge on any atom is -0.333 e. The van der Waals surface area contributed by atoms with E-state index in [4.69, 9.17) is 5.73 Å². The fourth-order valence-corrected chi connectivity index (χ4v) is 3.60. The van der Waals surface area contributed by atoms with Crippen LogP contribution in [0.2, 0.25) is 0 Å². The topological polar surface area (TPSA) is 49.6 Å². The number of likely N-dealkylation sites (tertiary alicyclic amines) is 1. The highest BCUT2D eigenvalue weighted by atomic mass is 32.1. The minimum atomic E-state index is 0.174. The molecule has 1 aromatic rings. The second-order valence-corrected chi connectivity index (χ2v) is 6.79. The monoisotopic (exact) mass is 307 g/mol. The van der Waals surface area contributed by atoms with E-state index in [1.807, 2.05) is 16.3 Å². The van der Waals surface area contributed by atoms with Crippen molar-refractivity contribution >= 4 is 17.2 Å². The Morgan fingerprint density at radius 3 is 3.05 bits per heavy atom. The number of carbonyl (C=O) groups excluding carboxylic acids is 1. The molecule has 2 N–H and O–H groups in total. The Hall–Kier alpha value is -1.17. The number of carbonyl (C=O) groups is 1. The van der Waals surface area contributed by atoms with E-state index < -0.39 is 0 Å². The molecule has 0 bridgehead atoms. The number of nitrogens with two attached hydrogens (primary N) is 1. The summed E-state index contributed by atoms with van der Waals surface area (Å²) in [4.78, 5) is 17.9. The highest BCUT2D eigenvalue weighted by Crippen LogP contribution is 2.22. The fourth-order valence-electron chi connectivity index (χ4n) is 2.88. The van der Waals surface area contributed by atoms with Crippen molar-refractivity contribution in [1.29, 1.82) is 0 Å². The van der Waals surface area contributed by atoms with Crippen LogP contribution in [0.3, 0.4) is 0 Å². The van der Waals surface area contributed by atoms with Crippen molar-refractivity contribution in [3.8, 4) is 0 Å². The van der Waals surface area contributed by atoms with E-state index in [1.54, 1.807) is 17.4 Å². The summed E-state index contributed by atoms with van der Waals surface area (Å²) in [6, 6.07) is 4.52. The molecule has 0 saturated carbocycles. The van der Waals surface area contributed by atoms with Gasteiger partial charge in [0.25, 0.3) is 0 Å². The number of hydrogen-bond donors (Lipinski definition) is 1. The number of nitrogens with zero attached hydrogens (tertiary/aromatic N) is 2. The van der Waals surface area contributed by atoms with E-state index in [-0.39, 0.29) is 5.91 Å². The van der Waals surface area contributed by atoms with Crippen molar-refractivity contribution in [2.24, 2.45) is 11.7 Å². The van der Waals surface area contributed by atoms with Gasteiger partial charge in [-0.2, -0.15) is 0 Å². The fraction of sp³-hybridized carbons (Fsp3) is 0.562. The normalized spacial score (nSPS) is 22.4. The second-order valence-electron chi connectivity index (χ2n) is 5.76. The summed E-state index contributed by atoms with van der Waals surface area (Å²) in [5.41, 5.74) is 5.75. The molecule has 116 valence electrons. The zero-order valence-electron chi connectivity index (χ0n) is 12.7.